The molecule has 1 aromatic carbocycles. The summed E-state index contributed by atoms with van der Waals surface area (Å²) in [4.78, 5) is 13.4. The normalized spacial score (nSPS) is 10.3. The van der Waals surface area contributed by atoms with Crippen molar-refractivity contribution in [2.24, 2.45) is 0 Å². The predicted molar refractivity (Wildman–Crippen MR) is 65.0 cm³/mol. The molecule has 0 aliphatic heterocycles. The summed E-state index contributed by atoms with van der Waals surface area (Å²) < 4.78 is 31.3. The molecule has 2 aromatic rings. The molecule has 0 aliphatic rings. The Labute approximate surface area is 114 Å². The van der Waals surface area contributed by atoms with E-state index in [1.165, 1.54) is 6.07 Å². The molecular weight excluding hydrogens is 326 g/mol. The maximum atomic E-state index is 13.4. The van der Waals surface area contributed by atoms with Gasteiger partial charge in [0.1, 0.15) is 11.6 Å². The first-order valence-electron chi connectivity index (χ1n) is 4.90. The van der Waals surface area contributed by atoms with Gasteiger partial charge in [-0.3, -0.25) is 10.1 Å². The molecule has 8 heteroatoms. The van der Waals surface area contributed by atoms with Crippen molar-refractivity contribution in [2.75, 3.05) is 0 Å². The van der Waals surface area contributed by atoms with Crippen LogP contribution in [0.2, 0.25) is 0 Å². The number of nitrogens with zero attached hydrogens (tertiary/aromatic N) is 2. The van der Waals surface area contributed by atoms with Crippen molar-refractivity contribution in [3.05, 3.63) is 56.8 Å². The standard InChI is InChI=1S/C11H5BrF2N2O3/c12-7-4-9(16(17)18)10(5-8(7)13)19-6-1-2-15-11(14)3-6/h1-5H. The zero-order chi connectivity index (χ0) is 14.0. The second-order valence-electron chi connectivity index (χ2n) is 3.41. The van der Waals surface area contributed by atoms with E-state index in [1.54, 1.807) is 0 Å². The number of halogens is 3. The van der Waals surface area contributed by atoms with Crippen LogP contribution in [0.15, 0.2) is 34.9 Å². The maximum absolute atomic E-state index is 13.4. The highest BCUT2D eigenvalue weighted by Gasteiger charge is 2.19. The summed E-state index contributed by atoms with van der Waals surface area (Å²) in [5.41, 5.74) is -0.439. The number of nitro groups is 1. The fourth-order valence-electron chi connectivity index (χ4n) is 1.32. The van der Waals surface area contributed by atoms with Crippen molar-refractivity contribution in [1.29, 1.82) is 0 Å². The second-order valence-corrected chi connectivity index (χ2v) is 4.26. The fraction of sp³-hybridized carbons (Fsp3) is 0. The Morgan fingerprint density at radius 1 is 1.32 bits per heavy atom. The molecule has 0 fully saturated rings. The summed E-state index contributed by atoms with van der Waals surface area (Å²) in [6.45, 7) is 0. The van der Waals surface area contributed by atoms with Gasteiger partial charge in [-0.2, -0.15) is 4.39 Å². The number of nitro benzene ring substituents is 1. The van der Waals surface area contributed by atoms with Gasteiger partial charge < -0.3 is 4.74 Å². The van der Waals surface area contributed by atoms with Gasteiger partial charge in [0.25, 0.3) is 0 Å². The number of hydrogen-bond acceptors (Lipinski definition) is 4. The highest BCUT2D eigenvalue weighted by atomic mass is 79.9. The van der Waals surface area contributed by atoms with E-state index in [0.29, 0.717) is 0 Å². The number of ether oxygens (including phenoxy) is 1. The van der Waals surface area contributed by atoms with Crippen LogP contribution in [0.5, 0.6) is 11.5 Å². The topological polar surface area (TPSA) is 65.3 Å². The van der Waals surface area contributed by atoms with Crippen LogP contribution in [-0.4, -0.2) is 9.91 Å². The first-order valence-corrected chi connectivity index (χ1v) is 5.69. The third-order valence-electron chi connectivity index (χ3n) is 2.12. The molecule has 98 valence electrons. The van der Waals surface area contributed by atoms with Crippen LogP contribution >= 0.6 is 15.9 Å². The van der Waals surface area contributed by atoms with Gasteiger partial charge in [0, 0.05) is 24.4 Å². The van der Waals surface area contributed by atoms with E-state index in [0.717, 1.165) is 24.4 Å². The van der Waals surface area contributed by atoms with E-state index in [-0.39, 0.29) is 16.0 Å². The quantitative estimate of drug-likeness (QED) is 0.487. The predicted octanol–water partition coefficient (Wildman–Crippen LogP) is 3.82. The van der Waals surface area contributed by atoms with Gasteiger partial charge in [0.2, 0.25) is 11.7 Å². The van der Waals surface area contributed by atoms with Crippen LogP contribution in [0.4, 0.5) is 14.5 Å². The lowest BCUT2D eigenvalue weighted by Crippen LogP contribution is -1.96. The molecule has 19 heavy (non-hydrogen) atoms. The maximum Gasteiger partial charge on any atom is 0.312 e. The van der Waals surface area contributed by atoms with Crippen molar-refractivity contribution >= 4 is 21.6 Å². The van der Waals surface area contributed by atoms with Crippen LogP contribution in [-0.2, 0) is 0 Å². The minimum Gasteiger partial charge on any atom is -0.450 e. The molecule has 0 atom stereocenters. The van der Waals surface area contributed by atoms with Crippen molar-refractivity contribution in [3.8, 4) is 11.5 Å². The molecule has 0 N–H and O–H groups in total. The molecule has 1 heterocycles. The average molecular weight is 331 g/mol. The Morgan fingerprint density at radius 3 is 2.68 bits per heavy atom. The van der Waals surface area contributed by atoms with Crippen LogP contribution in [0.1, 0.15) is 0 Å². The monoisotopic (exact) mass is 330 g/mol. The lowest BCUT2D eigenvalue weighted by atomic mass is 10.3. The van der Waals surface area contributed by atoms with Gasteiger partial charge in [-0.1, -0.05) is 0 Å². The molecule has 0 unspecified atom stereocenters. The highest BCUT2D eigenvalue weighted by molar-refractivity contribution is 9.10. The Kier molecular flexibility index (Phi) is 3.70. The van der Waals surface area contributed by atoms with E-state index in [2.05, 4.69) is 20.9 Å². The molecule has 0 spiro atoms. The molecule has 0 saturated carbocycles. The molecule has 5 nitrogen and oxygen atoms in total. The van der Waals surface area contributed by atoms with Crippen molar-refractivity contribution in [1.82, 2.24) is 4.98 Å². The van der Waals surface area contributed by atoms with E-state index < -0.39 is 22.4 Å². The molecule has 0 radical (unpaired) electrons. The average Bonchev–Trinajstić information content (AvgIpc) is 2.33. The number of hydrogen-bond donors (Lipinski definition) is 0. The molecule has 0 amide bonds. The van der Waals surface area contributed by atoms with Crippen molar-refractivity contribution in [3.63, 3.8) is 0 Å². The Bertz CT molecular complexity index is 652. The molecular formula is C11H5BrF2N2O3. The summed E-state index contributed by atoms with van der Waals surface area (Å²) in [5.74, 6) is -1.87. The lowest BCUT2D eigenvalue weighted by Gasteiger charge is -2.07. The summed E-state index contributed by atoms with van der Waals surface area (Å²) in [5, 5.41) is 10.8. The summed E-state index contributed by atoms with van der Waals surface area (Å²) in [6, 6.07) is 4.05. The van der Waals surface area contributed by atoms with Crippen LogP contribution in [0.3, 0.4) is 0 Å². The Morgan fingerprint density at radius 2 is 2.05 bits per heavy atom. The lowest BCUT2D eigenvalue weighted by molar-refractivity contribution is -0.385. The first kappa shape index (κ1) is 13.3. The zero-order valence-electron chi connectivity index (χ0n) is 9.14. The Balaban J connectivity index is 2.44. The summed E-state index contributed by atoms with van der Waals surface area (Å²) in [6.07, 6.45) is 1.13. The van der Waals surface area contributed by atoms with E-state index >= 15 is 0 Å². The molecule has 2 rings (SSSR count). The van der Waals surface area contributed by atoms with Crippen LogP contribution in [0.25, 0.3) is 0 Å². The molecule has 0 saturated heterocycles. The smallest absolute Gasteiger partial charge is 0.312 e. The van der Waals surface area contributed by atoms with Gasteiger partial charge in [0.05, 0.1) is 9.40 Å². The Hall–Kier alpha value is -2.09. The molecule has 1 aromatic heterocycles. The summed E-state index contributed by atoms with van der Waals surface area (Å²) >= 11 is 2.84. The third-order valence-corrected chi connectivity index (χ3v) is 2.73. The zero-order valence-corrected chi connectivity index (χ0v) is 10.7. The van der Waals surface area contributed by atoms with E-state index in [1.807, 2.05) is 0 Å². The molecule has 0 aliphatic carbocycles. The van der Waals surface area contributed by atoms with Gasteiger partial charge in [-0.15, -0.1) is 0 Å². The van der Waals surface area contributed by atoms with Gasteiger partial charge in [0.15, 0.2) is 0 Å². The van der Waals surface area contributed by atoms with E-state index in [4.69, 9.17) is 4.74 Å². The number of pyridine rings is 1. The minimum atomic E-state index is -0.808. The molecule has 0 bridgehead atoms. The SMILES string of the molecule is O=[N+]([O-])c1cc(Br)c(F)cc1Oc1ccnc(F)c1. The van der Waals surface area contributed by atoms with Crippen LogP contribution in [0, 0.1) is 21.9 Å². The minimum absolute atomic E-state index is 0.0164. The summed E-state index contributed by atoms with van der Waals surface area (Å²) in [7, 11) is 0. The van der Waals surface area contributed by atoms with Gasteiger partial charge >= 0.3 is 5.69 Å². The number of benzene rings is 1. The second kappa shape index (κ2) is 5.27. The van der Waals surface area contributed by atoms with Gasteiger partial charge in [-0.25, -0.2) is 9.37 Å². The van der Waals surface area contributed by atoms with Crippen LogP contribution < -0.4 is 4.74 Å². The number of rotatable bonds is 3. The van der Waals surface area contributed by atoms with E-state index in [9.17, 15) is 18.9 Å². The third kappa shape index (κ3) is 3.02. The van der Waals surface area contributed by atoms with Crippen molar-refractivity contribution in [2.45, 2.75) is 0 Å². The fourth-order valence-corrected chi connectivity index (χ4v) is 1.65. The first-order chi connectivity index (χ1) is 8.97. The van der Waals surface area contributed by atoms with Crippen molar-refractivity contribution < 1.29 is 18.4 Å². The highest BCUT2D eigenvalue weighted by Crippen LogP contribution is 2.35. The largest absolute Gasteiger partial charge is 0.450 e. The van der Waals surface area contributed by atoms with Gasteiger partial charge in [-0.05, 0) is 22.0 Å². The number of aromatic nitrogens is 1.